The average Bonchev–Trinajstić information content (AvgIpc) is 3.49. The van der Waals surface area contributed by atoms with Gasteiger partial charge in [-0.3, -0.25) is 15.2 Å². The number of para-hydroxylation sites is 1. The molecule has 3 aromatic heterocycles. The van der Waals surface area contributed by atoms with E-state index in [1.54, 1.807) is 65.7 Å². The first kappa shape index (κ1) is 35.6. The summed E-state index contributed by atoms with van der Waals surface area (Å²) in [4.78, 5) is 40.0. The van der Waals surface area contributed by atoms with Crippen molar-refractivity contribution in [3.63, 3.8) is 0 Å². The summed E-state index contributed by atoms with van der Waals surface area (Å²) in [6.07, 6.45) is 5.67. The second-order valence-electron chi connectivity index (χ2n) is 13.3. The standard InChI is InChI=1S/C36H38ClN7O6S/c1-36(2,3)50-35(47)43(21-25-17-16-24(19-38-25)41-34(45)46)26-11-9-10-23(18-26)40-33-39-20-30(37)32(42-33)29-22-44(31-15-8-7-14-28(29)31)51(48,49)27-12-5-4-6-13-27/h4-8,12-17,19-20,22-23,26,41H,9-11,18,21H2,1-3H3,(H,45,46)(H,39,40,42)/t23-,26+/m1/s1. The van der Waals surface area contributed by atoms with Crippen LogP contribution in [0, 0.1) is 0 Å². The Morgan fingerprint density at radius 3 is 2.47 bits per heavy atom. The second kappa shape index (κ2) is 14.6. The Balaban J connectivity index is 1.26. The normalized spacial score (nSPS) is 16.4. The number of aromatic nitrogens is 4. The van der Waals surface area contributed by atoms with Crippen LogP contribution < -0.4 is 10.6 Å². The number of halogens is 1. The van der Waals surface area contributed by atoms with Gasteiger partial charge < -0.3 is 15.2 Å². The van der Waals surface area contributed by atoms with Crippen LogP contribution >= 0.6 is 11.6 Å². The molecule has 5 aromatic rings. The molecule has 2 amide bonds. The van der Waals surface area contributed by atoms with Gasteiger partial charge in [-0.1, -0.05) is 48.0 Å². The van der Waals surface area contributed by atoms with E-state index in [2.05, 4.69) is 20.6 Å². The molecule has 1 fully saturated rings. The van der Waals surface area contributed by atoms with Gasteiger partial charge in [0.15, 0.2) is 0 Å². The highest BCUT2D eigenvalue weighted by Gasteiger charge is 2.33. The Labute approximate surface area is 300 Å². The van der Waals surface area contributed by atoms with Crippen molar-refractivity contribution in [2.75, 3.05) is 10.6 Å². The Hall–Kier alpha value is -5.21. The molecule has 1 aliphatic rings. The molecule has 2 aromatic carbocycles. The first-order chi connectivity index (χ1) is 24.3. The van der Waals surface area contributed by atoms with E-state index in [9.17, 15) is 18.0 Å². The van der Waals surface area contributed by atoms with E-state index >= 15 is 0 Å². The summed E-state index contributed by atoms with van der Waals surface area (Å²) < 4.78 is 34.4. The fraction of sp³-hybridized carbons (Fsp3) is 0.306. The number of benzene rings is 2. The number of amides is 2. The van der Waals surface area contributed by atoms with Gasteiger partial charge in [-0.05, 0) is 76.8 Å². The summed E-state index contributed by atoms with van der Waals surface area (Å²) in [5.41, 5.74) is 1.58. The highest BCUT2D eigenvalue weighted by atomic mass is 35.5. The monoisotopic (exact) mass is 731 g/mol. The van der Waals surface area contributed by atoms with Crippen molar-refractivity contribution in [2.45, 2.75) is 75.6 Å². The number of ether oxygens (including phenoxy) is 1. The van der Waals surface area contributed by atoms with Gasteiger partial charge in [-0.15, -0.1) is 0 Å². The zero-order chi connectivity index (χ0) is 36.3. The number of anilines is 2. The van der Waals surface area contributed by atoms with Crippen LogP contribution in [0.5, 0.6) is 0 Å². The van der Waals surface area contributed by atoms with Gasteiger partial charge in [-0.25, -0.2) is 31.9 Å². The number of fused-ring (bicyclic) bond motifs is 1. The Morgan fingerprint density at radius 2 is 1.76 bits per heavy atom. The zero-order valence-corrected chi connectivity index (χ0v) is 29.9. The predicted molar refractivity (Wildman–Crippen MR) is 194 cm³/mol. The van der Waals surface area contributed by atoms with E-state index in [0.29, 0.717) is 45.9 Å². The van der Waals surface area contributed by atoms with Crippen molar-refractivity contribution < 1.29 is 27.9 Å². The molecule has 6 rings (SSSR count). The quantitative estimate of drug-likeness (QED) is 0.137. The molecule has 266 valence electrons. The Bertz CT molecular complexity index is 2150. The number of hydrogen-bond acceptors (Lipinski definition) is 9. The van der Waals surface area contributed by atoms with Crippen molar-refractivity contribution in [1.29, 1.82) is 0 Å². The second-order valence-corrected chi connectivity index (χ2v) is 15.5. The molecule has 3 heterocycles. The zero-order valence-electron chi connectivity index (χ0n) is 28.3. The van der Waals surface area contributed by atoms with E-state index in [0.717, 1.165) is 19.3 Å². The minimum absolute atomic E-state index is 0.113. The van der Waals surface area contributed by atoms with E-state index in [-0.39, 0.29) is 28.5 Å². The number of hydrogen-bond donors (Lipinski definition) is 3. The summed E-state index contributed by atoms with van der Waals surface area (Å²) in [6.45, 7) is 5.59. The maximum absolute atomic E-state index is 13.7. The third kappa shape index (κ3) is 8.24. The largest absolute Gasteiger partial charge is 0.465 e. The molecule has 0 aliphatic heterocycles. The molecule has 0 saturated heterocycles. The SMILES string of the molecule is CC(C)(C)OC(=O)N(Cc1ccc(NC(=O)O)cn1)[C@H]1CCC[C@@H](Nc2ncc(Cl)c(-c3cn(S(=O)(=O)c4ccccc4)c4ccccc34)n2)C1. The Kier molecular flexibility index (Phi) is 10.2. The molecule has 1 aliphatic carbocycles. The summed E-state index contributed by atoms with van der Waals surface area (Å²) >= 11 is 6.67. The number of carbonyl (C=O) groups excluding carboxylic acids is 1. The topological polar surface area (TPSA) is 169 Å². The third-order valence-corrected chi connectivity index (χ3v) is 10.4. The van der Waals surface area contributed by atoms with Gasteiger partial charge in [0.05, 0.1) is 51.4 Å². The summed E-state index contributed by atoms with van der Waals surface area (Å²) in [5.74, 6) is 0.315. The molecular formula is C36H38ClN7O6S. The van der Waals surface area contributed by atoms with Gasteiger partial charge in [-0.2, -0.15) is 0 Å². The minimum Gasteiger partial charge on any atom is -0.465 e. The van der Waals surface area contributed by atoms with Crippen molar-refractivity contribution >= 4 is 56.3 Å². The molecule has 3 N–H and O–H groups in total. The molecule has 0 radical (unpaired) electrons. The van der Waals surface area contributed by atoms with Crippen molar-refractivity contribution in [3.8, 4) is 11.3 Å². The molecule has 13 nitrogen and oxygen atoms in total. The number of rotatable bonds is 9. The van der Waals surface area contributed by atoms with Gasteiger partial charge in [0, 0.05) is 29.2 Å². The first-order valence-electron chi connectivity index (χ1n) is 16.4. The van der Waals surface area contributed by atoms with E-state index in [1.807, 2.05) is 32.9 Å². The van der Waals surface area contributed by atoms with Gasteiger partial charge in [0.25, 0.3) is 10.0 Å². The molecule has 0 bridgehead atoms. The number of carbonyl (C=O) groups is 2. The van der Waals surface area contributed by atoms with Crippen LogP contribution in [0.4, 0.5) is 21.2 Å². The van der Waals surface area contributed by atoms with Crippen LogP contribution in [0.2, 0.25) is 5.02 Å². The maximum Gasteiger partial charge on any atom is 0.410 e. The third-order valence-electron chi connectivity index (χ3n) is 8.43. The van der Waals surface area contributed by atoms with E-state index < -0.39 is 27.8 Å². The first-order valence-corrected chi connectivity index (χ1v) is 18.2. The highest BCUT2D eigenvalue weighted by Crippen LogP contribution is 2.36. The lowest BCUT2D eigenvalue weighted by molar-refractivity contribution is 0.00906. The number of carboxylic acid groups (broad SMARTS) is 1. The average molecular weight is 732 g/mol. The lowest BCUT2D eigenvalue weighted by Crippen LogP contribution is -2.47. The maximum atomic E-state index is 13.7. The fourth-order valence-electron chi connectivity index (χ4n) is 6.18. The minimum atomic E-state index is -3.92. The van der Waals surface area contributed by atoms with Crippen molar-refractivity contribution in [2.24, 2.45) is 0 Å². The van der Waals surface area contributed by atoms with Crippen LogP contribution in [0.25, 0.3) is 22.2 Å². The van der Waals surface area contributed by atoms with E-state index in [1.165, 1.54) is 16.4 Å². The Morgan fingerprint density at radius 1 is 1.02 bits per heavy atom. The van der Waals surface area contributed by atoms with Crippen LogP contribution in [-0.4, -0.2) is 67.2 Å². The number of nitrogens with zero attached hydrogens (tertiary/aromatic N) is 5. The van der Waals surface area contributed by atoms with Crippen molar-refractivity contribution in [3.05, 3.63) is 96.0 Å². The van der Waals surface area contributed by atoms with Gasteiger partial charge in [0.1, 0.15) is 5.60 Å². The van der Waals surface area contributed by atoms with Crippen LogP contribution in [0.3, 0.4) is 0 Å². The van der Waals surface area contributed by atoms with Crippen LogP contribution in [0.15, 0.2) is 90.2 Å². The van der Waals surface area contributed by atoms with Gasteiger partial charge in [0.2, 0.25) is 5.95 Å². The summed E-state index contributed by atoms with van der Waals surface area (Å²) in [5, 5.41) is 15.6. The van der Waals surface area contributed by atoms with Gasteiger partial charge >= 0.3 is 12.2 Å². The lowest BCUT2D eigenvalue weighted by atomic mass is 9.90. The lowest BCUT2D eigenvalue weighted by Gasteiger charge is -2.38. The predicted octanol–water partition coefficient (Wildman–Crippen LogP) is 7.63. The molecule has 51 heavy (non-hydrogen) atoms. The molecule has 2 atom stereocenters. The number of pyridine rings is 1. The molecular weight excluding hydrogens is 694 g/mol. The summed E-state index contributed by atoms with van der Waals surface area (Å²) in [7, 11) is -3.92. The van der Waals surface area contributed by atoms with E-state index in [4.69, 9.17) is 26.4 Å². The molecule has 0 unspecified atom stereocenters. The smallest absolute Gasteiger partial charge is 0.410 e. The fourth-order valence-corrected chi connectivity index (χ4v) is 7.77. The highest BCUT2D eigenvalue weighted by molar-refractivity contribution is 7.90. The van der Waals surface area contributed by atoms with Crippen molar-refractivity contribution in [1.82, 2.24) is 23.8 Å². The summed E-state index contributed by atoms with van der Waals surface area (Å²) in [6, 6.07) is 18.3. The van der Waals surface area contributed by atoms with Crippen LogP contribution in [0.1, 0.15) is 52.1 Å². The molecule has 15 heteroatoms. The molecule has 1 saturated carbocycles. The molecule has 0 spiro atoms. The van der Waals surface area contributed by atoms with Crippen LogP contribution in [-0.2, 0) is 21.3 Å². The number of nitrogens with one attached hydrogen (secondary N) is 2.